The SMILES string of the molecule is O=C(NC(c1ccccc1)(c1ccccc1)c1ccccc1)[C@@H]1CCCN1C(=Nc1ccccc1)Nc1ccccc1. The van der Waals surface area contributed by atoms with Gasteiger partial charge in [-0.1, -0.05) is 127 Å². The highest BCUT2D eigenvalue weighted by molar-refractivity contribution is 5.99. The van der Waals surface area contributed by atoms with E-state index in [0.717, 1.165) is 47.5 Å². The van der Waals surface area contributed by atoms with Crippen LogP contribution in [0.1, 0.15) is 29.5 Å². The van der Waals surface area contributed by atoms with Crippen LogP contribution >= 0.6 is 0 Å². The number of anilines is 1. The predicted molar refractivity (Wildman–Crippen MR) is 171 cm³/mol. The first-order valence-electron chi connectivity index (χ1n) is 14.4. The van der Waals surface area contributed by atoms with Gasteiger partial charge in [0.05, 0.1) is 5.69 Å². The van der Waals surface area contributed by atoms with Crippen LogP contribution in [0.15, 0.2) is 157 Å². The second kappa shape index (κ2) is 12.6. The number of aliphatic imine (C=N–C) groups is 1. The topological polar surface area (TPSA) is 56.7 Å². The summed E-state index contributed by atoms with van der Waals surface area (Å²) in [6.07, 6.45) is 1.61. The number of carbonyl (C=O) groups is 1. The Balaban J connectivity index is 1.41. The number of amides is 1. The molecule has 2 N–H and O–H groups in total. The summed E-state index contributed by atoms with van der Waals surface area (Å²) in [5.74, 6) is 0.620. The molecule has 5 nitrogen and oxygen atoms in total. The third-order valence-corrected chi connectivity index (χ3v) is 7.78. The van der Waals surface area contributed by atoms with E-state index in [2.05, 4.69) is 51.9 Å². The van der Waals surface area contributed by atoms with Crippen molar-refractivity contribution in [3.05, 3.63) is 168 Å². The molecule has 5 aromatic carbocycles. The molecule has 42 heavy (non-hydrogen) atoms. The summed E-state index contributed by atoms with van der Waals surface area (Å²) < 4.78 is 0. The lowest BCUT2D eigenvalue weighted by atomic mass is 9.76. The van der Waals surface area contributed by atoms with Gasteiger partial charge in [-0.05, 0) is 53.8 Å². The van der Waals surface area contributed by atoms with Crippen LogP contribution in [0.3, 0.4) is 0 Å². The number of guanidine groups is 1. The fourth-order valence-corrected chi connectivity index (χ4v) is 5.78. The van der Waals surface area contributed by atoms with Gasteiger partial charge in [0.2, 0.25) is 11.9 Å². The molecule has 1 aliphatic heterocycles. The maximum absolute atomic E-state index is 14.6. The second-order valence-electron chi connectivity index (χ2n) is 10.5. The van der Waals surface area contributed by atoms with Crippen molar-refractivity contribution < 1.29 is 4.79 Å². The highest BCUT2D eigenvalue weighted by Crippen LogP contribution is 2.37. The van der Waals surface area contributed by atoms with Crippen LogP contribution in [0, 0.1) is 0 Å². The van der Waals surface area contributed by atoms with Gasteiger partial charge < -0.3 is 15.5 Å². The van der Waals surface area contributed by atoms with Crippen LogP contribution < -0.4 is 10.6 Å². The molecule has 1 saturated heterocycles. The van der Waals surface area contributed by atoms with E-state index in [-0.39, 0.29) is 5.91 Å². The highest BCUT2D eigenvalue weighted by atomic mass is 16.2. The molecule has 0 radical (unpaired) electrons. The minimum absolute atomic E-state index is 0.0420. The Kier molecular flexibility index (Phi) is 8.09. The van der Waals surface area contributed by atoms with E-state index < -0.39 is 11.6 Å². The van der Waals surface area contributed by atoms with Crippen LogP contribution in [0.25, 0.3) is 0 Å². The van der Waals surface area contributed by atoms with Crippen LogP contribution in [0.2, 0.25) is 0 Å². The minimum Gasteiger partial charge on any atom is -0.337 e. The highest BCUT2D eigenvalue weighted by Gasteiger charge is 2.42. The molecule has 1 aliphatic rings. The Morgan fingerprint density at radius 1 is 0.643 bits per heavy atom. The van der Waals surface area contributed by atoms with E-state index in [1.54, 1.807) is 0 Å². The average Bonchev–Trinajstić information content (AvgIpc) is 3.56. The number of para-hydroxylation sites is 2. The number of carbonyl (C=O) groups excluding carboxylic acids is 1. The molecule has 1 amide bonds. The zero-order valence-corrected chi connectivity index (χ0v) is 23.4. The Morgan fingerprint density at radius 2 is 1.10 bits per heavy atom. The number of nitrogens with one attached hydrogen (secondary N) is 2. The van der Waals surface area contributed by atoms with E-state index in [0.29, 0.717) is 5.96 Å². The molecule has 1 heterocycles. The predicted octanol–water partition coefficient (Wildman–Crippen LogP) is 7.36. The second-order valence-corrected chi connectivity index (χ2v) is 10.5. The van der Waals surface area contributed by atoms with Crippen LogP contribution in [-0.2, 0) is 10.3 Å². The molecular formula is C37H34N4O. The zero-order chi connectivity index (χ0) is 28.6. The van der Waals surface area contributed by atoms with Gasteiger partial charge in [-0.25, -0.2) is 4.99 Å². The summed E-state index contributed by atoms with van der Waals surface area (Å²) in [6.45, 7) is 0.721. The summed E-state index contributed by atoms with van der Waals surface area (Å²) in [6, 6.07) is 50.2. The lowest BCUT2D eigenvalue weighted by Crippen LogP contribution is -2.55. The molecule has 6 rings (SSSR count). The molecule has 0 aliphatic carbocycles. The van der Waals surface area contributed by atoms with Gasteiger partial charge in [0.1, 0.15) is 11.6 Å². The van der Waals surface area contributed by atoms with Crippen molar-refractivity contribution >= 4 is 23.2 Å². The van der Waals surface area contributed by atoms with Crippen molar-refractivity contribution in [3.8, 4) is 0 Å². The normalized spacial score (nSPS) is 15.3. The quantitative estimate of drug-likeness (QED) is 0.126. The lowest BCUT2D eigenvalue weighted by Gasteiger charge is -2.39. The molecule has 208 valence electrons. The molecule has 1 fully saturated rings. The molecule has 0 spiro atoms. The molecule has 0 bridgehead atoms. The lowest BCUT2D eigenvalue weighted by molar-refractivity contribution is -0.125. The number of hydrogen-bond donors (Lipinski definition) is 2. The number of nitrogens with zero attached hydrogens (tertiary/aromatic N) is 2. The van der Waals surface area contributed by atoms with Gasteiger partial charge in [-0.2, -0.15) is 0 Å². The number of likely N-dealkylation sites (tertiary alicyclic amines) is 1. The molecule has 1 atom stereocenters. The fourth-order valence-electron chi connectivity index (χ4n) is 5.78. The summed E-state index contributed by atoms with van der Waals surface area (Å²) in [5.41, 5.74) is 3.88. The monoisotopic (exact) mass is 550 g/mol. The summed E-state index contributed by atoms with van der Waals surface area (Å²) >= 11 is 0. The van der Waals surface area contributed by atoms with Gasteiger partial charge in [0.25, 0.3) is 0 Å². The van der Waals surface area contributed by atoms with Crippen LogP contribution in [0.5, 0.6) is 0 Å². The van der Waals surface area contributed by atoms with E-state index in [9.17, 15) is 4.79 Å². The Morgan fingerprint density at radius 3 is 1.60 bits per heavy atom. The fraction of sp³-hybridized carbons (Fsp3) is 0.135. The van der Waals surface area contributed by atoms with Crippen molar-refractivity contribution in [2.24, 2.45) is 4.99 Å². The first-order chi connectivity index (χ1) is 20.7. The maximum Gasteiger partial charge on any atom is 0.244 e. The number of hydrogen-bond acceptors (Lipinski definition) is 2. The summed E-state index contributed by atoms with van der Waals surface area (Å²) in [5, 5.41) is 7.08. The molecule has 0 aromatic heterocycles. The standard InChI is InChI=1S/C37H34N4O/c42-35(34-27-16-28-41(34)36(38-32-23-12-4-13-24-32)39-33-25-14-5-15-26-33)40-37(29-17-6-1-7-18-29,30-19-8-2-9-20-30)31-21-10-3-11-22-31/h1-15,17-26,34H,16,27-28H2,(H,38,39)(H,40,42)/t34-/m0/s1. The van der Waals surface area contributed by atoms with Crippen molar-refractivity contribution in [1.82, 2.24) is 10.2 Å². The van der Waals surface area contributed by atoms with E-state index >= 15 is 0 Å². The van der Waals surface area contributed by atoms with Gasteiger partial charge in [0, 0.05) is 12.2 Å². The van der Waals surface area contributed by atoms with Crippen LogP contribution in [-0.4, -0.2) is 29.4 Å². The van der Waals surface area contributed by atoms with Crippen molar-refractivity contribution in [2.45, 2.75) is 24.4 Å². The van der Waals surface area contributed by atoms with Gasteiger partial charge in [-0.3, -0.25) is 4.79 Å². The molecule has 5 heteroatoms. The smallest absolute Gasteiger partial charge is 0.244 e. The van der Waals surface area contributed by atoms with E-state index in [1.807, 2.05) is 115 Å². The Labute approximate surface area is 247 Å². The zero-order valence-electron chi connectivity index (χ0n) is 23.4. The van der Waals surface area contributed by atoms with Crippen molar-refractivity contribution in [2.75, 3.05) is 11.9 Å². The van der Waals surface area contributed by atoms with Gasteiger partial charge in [0.15, 0.2) is 0 Å². The molecule has 0 unspecified atom stereocenters. The molecular weight excluding hydrogens is 516 g/mol. The first-order valence-corrected chi connectivity index (χ1v) is 14.4. The van der Waals surface area contributed by atoms with E-state index in [1.165, 1.54) is 0 Å². The number of rotatable bonds is 7. The Bertz CT molecular complexity index is 1510. The first kappa shape index (κ1) is 27.0. The Hall–Kier alpha value is -5.16. The van der Waals surface area contributed by atoms with Gasteiger partial charge in [-0.15, -0.1) is 0 Å². The largest absolute Gasteiger partial charge is 0.337 e. The molecule has 5 aromatic rings. The minimum atomic E-state index is -0.876. The van der Waals surface area contributed by atoms with Crippen molar-refractivity contribution in [1.29, 1.82) is 0 Å². The molecule has 0 saturated carbocycles. The summed E-state index contributed by atoms with van der Waals surface area (Å²) in [4.78, 5) is 21.7. The average molecular weight is 551 g/mol. The van der Waals surface area contributed by atoms with E-state index in [4.69, 9.17) is 4.99 Å². The third kappa shape index (κ3) is 5.68. The van der Waals surface area contributed by atoms with Crippen LogP contribution in [0.4, 0.5) is 11.4 Å². The van der Waals surface area contributed by atoms with Crippen molar-refractivity contribution in [3.63, 3.8) is 0 Å². The third-order valence-electron chi connectivity index (χ3n) is 7.78. The maximum atomic E-state index is 14.6. The number of benzene rings is 5. The van der Waals surface area contributed by atoms with Gasteiger partial charge >= 0.3 is 0 Å². The summed E-state index contributed by atoms with van der Waals surface area (Å²) in [7, 11) is 0.